The SMILES string of the molecule is CCc1c(C)sc(NC(=O)C(C)Oc2cc(C)ccc2C)c1C(N)=O. The van der Waals surface area contributed by atoms with Crippen molar-refractivity contribution in [3.8, 4) is 5.75 Å². The van der Waals surface area contributed by atoms with E-state index in [2.05, 4.69) is 5.32 Å². The van der Waals surface area contributed by atoms with Crippen molar-refractivity contribution in [1.82, 2.24) is 0 Å². The summed E-state index contributed by atoms with van der Waals surface area (Å²) in [5.74, 6) is -0.165. The molecule has 0 spiro atoms. The van der Waals surface area contributed by atoms with Gasteiger partial charge in [-0.3, -0.25) is 9.59 Å². The third-order valence-corrected chi connectivity index (χ3v) is 5.13. The maximum atomic E-state index is 12.5. The standard InChI is InChI=1S/C19H24N2O3S/c1-6-14-13(5)25-19(16(14)17(20)22)21-18(23)12(4)24-15-9-10(2)7-8-11(15)3/h7-9,12H,6H2,1-5H3,(H2,20,22)(H,21,23). The second kappa shape index (κ2) is 7.70. The van der Waals surface area contributed by atoms with Crippen molar-refractivity contribution >= 4 is 28.2 Å². The Hall–Kier alpha value is -2.34. The minimum Gasteiger partial charge on any atom is -0.481 e. The van der Waals surface area contributed by atoms with Gasteiger partial charge < -0.3 is 15.8 Å². The van der Waals surface area contributed by atoms with Crippen LogP contribution in [0.5, 0.6) is 5.75 Å². The van der Waals surface area contributed by atoms with Gasteiger partial charge >= 0.3 is 0 Å². The van der Waals surface area contributed by atoms with Gasteiger partial charge in [0.2, 0.25) is 0 Å². The Labute approximate surface area is 152 Å². The van der Waals surface area contributed by atoms with Crippen LogP contribution in [-0.4, -0.2) is 17.9 Å². The minimum atomic E-state index is -0.700. The molecule has 1 aromatic carbocycles. The van der Waals surface area contributed by atoms with Crippen molar-refractivity contribution in [2.75, 3.05) is 5.32 Å². The largest absolute Gasteiger partial charge is 0.481 e. The predicted octanol–water partition coefficient (Wildman–Crippen LogP) is 3.74. The van der Waals surface area contributed by atoms with Gasteiger partial charge in [0.15, 0.2) is 6.10 Å². The van der Waals surface area contributed by atoms with Crippen LogP contribution in [0.1, 0.15) is 45.8 Å². The molecule has 0 aliphatic carbocycles. The summed E-state index contributed by atoms with van der Waals surface area (Å²) in [6.45, 7) is 9.46. The van der Waals surface area contributed by atoms with Gasteiger partial charge in [-0.2, -0.15) is 0 Å². The number of carbonyl (C=O) groups is 2. The maximum absolute atomic E-state index is 12.5. The fraction of sp³-hybridized carbons (Fsp3) is 0.368. The third-order valence-electron chi connectivity index (χ3n) is 4.06. The first-order valence-corrected chi connectivity index (χ1v) is 9.03. The molecule has 1 unspecified atom stereocenters. The number of carbonyl (C=O) groups excluding carboxylic acids is 2. The van der Waals surface area contributed by atoms with Crippen LogP contribution in [0.2, 0.25) is 0 Å². The van der Waals surface area contributed by atoms with Crippen molar-refractivity contribution in [2.45, 2.75) is 47.1 Å². The molecule has 25 heavy (non-hydrogen) atoms. The molecule has 2 amide bonds. The fourth-order valence-corrected chi connectivity index (χ4v) is 3.80. The number of hydrogen-bond donors (Lipinski definition) is 2. The first-order chi connectivity index (χ1) is 11.7. The summed E-state index contributed by atoms with van der Waals surface area (Å²) in [6, 6.07) is 5.85. The average Bonchev–Trinajstić information content (AvgIpc) is 2.86. The monoisotopic (exact) mass is 360 g/mol. The van der Waals surface area contributed by atoms with Crippen LogP contribution in [0.15, 0.2) is 18.2 Å². The number of ether oxygens (including phenoxy) is 1. The number of thiophene rings is 1. The van der Waals surface area contributed by atoms with E-state index in [1.165, 1.54) is 11.3 Å². The molecule has 0 fully saturated rings. The molecule has 3 N–H and O–H groups in total. The Bertz CT molecular complexity index is 811. The molecule has 1 atom stereocenters. The zero-order valence-corrected chi connectivity index (χ0v) is 16.0. The number of anilines is 1. The Morgan fingerprint density at radius 3 is 2.56 bits per heavy atom. The summed E-state index contributed by atoms with van der Waals surface area (Å²) in [6.07, 6.45) is -0.0147. The number of aryl methyl sites for hydroxylation is 3. The molecular formula is C19H24N2O3S. The Kier molecular flexibility index (Phi) is 5.85. The lowest BCUT2D eigenvalue weighted by atomic mass is 10.1. The molecule has 0 saturated carbocycles. The minimum absolute atomic E-state index is 0.313. The number of hydrogen-bond acceptors (Lipinski definition) is 4. The maximum Gasteiger partial charge on any atom is 0.265 e. The van der Waals surface area contributed by atoms with E-state index in [1.54, 1.807) is 6.92 Å². The van der Waals surface area contributed by atoms with Crippen LogP contribution in [0.3, 0.4) is 0 Å². The first-order valence-electron chi connectivity index (χ1n) is 8.21. The molecule has 0 aliphatic rings. The lowest BCUT2D eigenvalue weighted by Gasteiger charge is -2.16. The average molecular weight is 360 g/mol. The van der Waals surface area contributed by atoms with Crippen LogP contribution >= 0.6 is 11.3 Å². The molecule has 1 heterocycles. The van der Waals surface area contributed by atoms with Gasteiger partial charge in [0.25, 0.3) is 11.8 Å². The van der Waals surface area contributed by atoms with E-state index in [9.17, 15) is 9.59 Å². The third kappa shape index (κ3) is 4.20. The summed E-state index contributed by atoms with van der Waals surface area (Å²) in [4.78, 5) is 25.3. The zero-order valence-electron chi connectivity index (χ0n) is 15.2. The molecule has 1 aromatic heterocycles. The van der Waals surface area contributed by atoms with Gasteiger partial charge in [-0.15, -0.1) is 11.3 Å². The Morgan fingerprint density at radius 2 is 1.96 bits per heavy atom. The summed E-state index contributed by atoms with van der Waals surface area (Å²) in [7, 11) is 0. The van der Waals surface area contributed by atoms with E-state index in [0.29, 0.717) is 22.7 Å². The van der Waals surface area contributed by atoms with E-state index in [0.717, 1.165) is 21.6 Å². The van der Waals surface area contributed by atoms with Crippen LogP contribution in [0.4, 0.5) is 5.00 Å². The lowest BCUT2D eigenvalue weighted by Crippen LogP contribution is -2.31. The molecule has 0 bridgehead atoms. The second-order valence-electron chi connectivity index (χ2n) is 6.08. The number of nitrogens with one attached hydrogen (secondary N) is 1. The highest BCUT2D eigenvalue weighted by Crippen LogP contribution is 2.33. The molecule has 0 saturated heterocycles. The van der Waals surface area contributed by atoms with E-state index in [1.807, 2.05) is 45.9 Å². The van der Waals surface area contributed by atoms with Crippen LogP contribution in [-0.2, 0) is 11.2 Å². The molecule has 6 heteroatoms. The lowest BCUT2D eigenvalue weighted by molar-refractivity contribution is -0.122. The zero-order chi connectivity index (χ0) is 18.7. The molecule has 134 valence electrons. The van der Waals surface area contributed by atoms with Crippen molar-refractivity contribution in [3.05, 3.63) is 45.3 Å². The number of amides is 2. The normalized spacial score (nSPS) is 11.9. The summed E-state index contributed by atoms with van der Waals surface area (Å²) in [5.41, 5.74) is 8.81. The van der Waals surface area contributed by atoms with Crippen molar-refractivity contribution in [3.63, 3.8) is 0 Å². The van der Waals surface area contributed by atoms with Crippen LogP contribution in [0.25, 0.3) is 0 Å². The van der Waals surface area contributed by atoms with E-state index < -0.39 is 12.0 Å². The van der Waals surface area contributed by atoms with E-state index in [4.69, 9.17) is 10.5 Å². The summed E-state index contributed by atoms with van der Waals surface area (Å²) >= 11 is 1.36. The second-order valence-corrected chi connectivity index (χ2v) is 7.30. The van der Waals surface area contributed by atoms with E-state index in [-0.39, 0.29) is 5.91 Å². The number of rotatable bonds is 6. The van der Waals surface area contributed by atoms with Crippen molar-refractivity contribution in [1.29, 1.82) is 0 Å². The van der Waals surface area contributed by atoms with Gasteiger partial charge in [-0.25, -0.2) is 0 Å². The molecule has 5 nitrogen and oxygen atoms in total. The quantitative estimate of drug-likeness (QED) is 0.823. The fourth-order valence-electron chi connectivity index (χ4n) is 2.64. The van der Waals surface area contributed by atoms with Gasteiger partial charge in [-0.1, -0.05) is 19.1 Å². The first kappa shape index (κ1) is 19.0. The van der Waals surface area contributed by atoms with Crippen LogP contribution < -0.4 is 15.8 Å². The van der Waals surface area contributed by atoms with Crippen molar-refractivity contribution < 1.29 is 14.3 Å². The Morgan fingerprint density at radius 1 is 1.28 bits per heavy atom. The van der Waals surface area contributed by atoms with Gasteiger partial charge in [-0.05, 0) is 56.9 Å². The summed E-state index contributed by atoms with van der Waals surface area (Å²) < 4.78 is 5.80. The smallest absolute Gasteiger partial charge is 0.265 e. The van der Waals surface area contributed by atoms with Gasteiger partial charge in [0, 0.05) is 4.88 Å². The number of benzene rings is 1. The van der Waals surface area contributed by atoms with E-state index >= 15 is 0 Å². The summed E-state index contributed by atoms with van der Waals surface area (Å²) in [5, 5.41) is 3.28. The molecule has 0 aliphatic heterocycles. The predicted molar refractivity (Wildman–Crippen MR) is 102 cm³/mol. The number of primary amides is 1. The van der Waals surface area contributed by atoms with Crippen LogP contribution in [0, 0.1) is 20.8 Å². The highest BCUT2D eigenvalue weighted by molar-refractivity contribution is 7.16. The van der Waals surface area contributed by atoms with Gasteiger partial charge in [0.1, 0.15) is 10.8 Å². The van der Waals surface area contributed by atoms with Gasteiger partial charge in [0.05, 0.1) is 5.56 Å². The highest BCUT2D eigenvalue weighted by atomic mass is 32.1. The number of nitrogens with two attached hydrogens (primary N) is 1. The molecule has 2 rings (SSSR count). The molecule has 0 radical (unpaired) electrons. The van der Waals surface area contributed by atoms with Crippen molar-refractivity contribution in [2.24, 2.45) is 5.73 Å². The molecular weight excluding hydrogens is 336 g/mol. The highest BCUT2D eigenvalue weighted by Gasteiger charge is 2.23. The molecule has 2 aromatic rings. The Balaban J connectivity index is 2.19. The topological polar surface area (TPSA) is 81.4 Å².